The molecule has 1 amide bonds. The van der Waals surface area contributed by atoms with Crippen LogP contribution >= 0.6 is 0 Å². The lowest BCUT2D eigenvalue weighted by Gasteiger charge is -2.20. The van der Waals surface area contributed by atoms with E-state index in [1.165, 1.54) is 17.7 Å². The minimum atomic E-state index is -0.847. The second kappa shape index (κ2) is 4.56. The zero-order chi connectivity index (χ0) is 12.5. The summed E-state index contributed by atoms with van der Waals surface area (Å²) in [7, 11) is 0. The lowest BCUT2D eigenvalue weighted by Crippen LogP contribution is -2.38. The fourth-order valence-electron chi connectivity index (χ4n) is 2.57. The van der Waals surface area contributed by atoms with Crippen LogP contribution in [-0.4, -0.2) is 55.8 Å². The third-order valence-electron chi connectivity index (χ3n) is 3.58. The van der Waals surface area contributed by atoms with Gasteiger partial charge in [0.2, 0.25) is 0 Å². The van der Waals surface area contributed by atoms with Crippen molar-refractivity contribution in [3.63, 3.8) is 0 Å². The van der Waals surface area contributed by atoms with Crippen LogP contribution in [0.4, 0.5) is 4.79 Å². The summed E-state index contributed by atoms with van der Waals surface area (Å²) >= 11 is 0. The Morgan fingerprint density at radius 3 is 2.89 bits per heavy atom. The molecule has 0 bridgehead atoms. The molecule has 0 spiro atoms. The number of likely N-dealkylation sites (tertiary alicyclic amines) is 1. The average Bonchev–Trinajstić information content (AvgIpc) is 2.85. The summed E-state index contributed by atoms with van der Waals surface area (Å²) in [4.78, 5) is 12.8. The van der Waals surface area contributed by atoms with Gasteiger partial charge in [-0.15, -0.1) is 5.10 Å². The van der Waals surface area contributed by atoms with Crippen LogP contribution in [0.1, 0.15) is 19.3 Å². The molecule has 98 valence electrons. The van der Waals surface area contributed by atoms with Gasteiger partial charge in [-0.1, -0.05) is 5.21 Å². The SMILES string of the molecule is O=C(O)N1CC(NC2CC2)CC1Cn1ccnn1. The van der Waals surface area contributed by atoms with Gasteiger partial charge in [0, 0.05) is 24.8 Å². The molecule has 2 heterocycles. The first-order valence-corrected chi connectivity index (χ1v) is 6.32. The number of carboxylic acid groups (broad SMARTS) is 1. The van der Waals surface area contributed by atoms with Crippen LogP contribution in [0, 0.1) is 0 Å². The standard InChI is InChI=1S/C11H17N5O2/c17-11(18)16-6-9(13-8-1-2-8)5-10(16)7-15-4-3-12-14-15/h3-4,8-10,13H,1-2,5-7H2,(H,17,18). The first kappa shape index (κ1) is 11.5. The molecule has 18 heavy (non-hydrogen) atoms. The first-order valence-electron chi connectivity index (χ1n) is 6.32. The van der Waals surface area contributed by atoms with E-state index in [0.717, 1.165) is 6.42 Å². The van der Waals surface area contributed by atoms with Crippen molar-refractivity contribution in [3.8, 4) is 0 Å². The Morgan fingerprint density at radius 2 is 2.28 bits per heavy atom. The molecule has 2 atom stereocenters. The molecule has 3 rings (SSSR count). The van der Waals surface area contributed by atoms with Crippen LogP contribution in [-0.2, 0) is 6.54 Å². The van der Waals surface area contributed by atoms with Crippen LogP contribution in [0.5, 0.6) is 0 Å². The van der Waals surface area contributed by atoms with Crippen LogP contribution in [0.2, 0.25) is 0 Å². The molecule has 2 unspecified atom stereocenters. The van der Waals surface area contributed by atoms with Crippen molar-refractivity contribution in [3.05, 3.63) is 12.4 Å². The van der Waals surface area contributed by atoms with E-state index >= 15 is 0 Å². The third kappa shape index (κ3) is 2.45. The summed E-state index contributed by atoms with van der Waals surface area (Å²) in [6, 6.07) is 0.873. The van der Waals surface area contributed by atoms with E-state index in [9.17, 15) is 9.90 Å². The molecule has 2 N–H and O–H groups in total. The van der Waals surface area contributed by atoms with Gasteiger partial charge in [0.15, 0.2) is 0 Å². The van der Waals surface area contributed by atoms with E-state index in [-0.39, 0.29) is 12.1 Å². The topological polar surface area (TPSA) is 83.3 Å². The number of hydrogen-bond acceptors (Lipinski definition) is 4. The second-order valence-corrected chi connectivity index (χ2v) is 5.09. The molecule has 1 aliphatic carbocycles. The third-order valence-corrected chi connectivity index (χ3v) is 3.58. The van der Waals surface area contributed by atoms with Crippen molar-refractivity contribution < 1.29 is 9.90 Å². The molecular weight excluding hydrogens is 234 g/mol. The fraction of sp³-hybridized carbons (Fsp3) is 0.727. The minimum absolute atomic E-state index is 0.0135. The van der Waals surface area contributed by atoms with Crippen LogP contribution in [0.15, 0.2) is 12.4 Å². The molecule has 1 saturated carbocycles. The van der Waals surface area contributed by atoms with E-state index in [1.54, 1.807) is 17.1 Å². The lowest BCUT2D eigenvalue weighted by atomic mass is 10.1. The average molecular weight is 251 g/mol. The number of nitrogens with zero attached hydrogens (tertiary/aromatic N) is 4. The van der Waals surface area contributed by atoms with Crippen molar-refractivity contribution >= 4 is 6.09 Å². The number of hydrogen-bond donors (Lipinski definition) is 2. The highest BCUT2D eigenvalue weighted by Gasteiger charge is 2.37. The van der Waals surface area contributed by atoms with E-state index in [4.69, 9.17) is 0 Å². The Balaban J connectivity index is 1.64. The maximum atomic E-state index is 11.2. The van der Waals surface area contributed by atoms with E-state index in [1.807, 2.05) is 0 Å². The monoisotopic (exact) mass is 251 g/mol. The van der Waals surface area contributed by atoms with Gasteiger partial charge in [0.05, 0.1) is 18.8 Å². The van der Waals surface area contributed by atoms with Crippen molar-refractivity contribution in [1.29, 1.82) is 0 Å². The summed E-state index contributed by atoms with van der Waals surface area (Å²) in [6.45, 7) is 1.15. The Hall–Kier alpha value is -1.63. The van der Waals surface area contributed by atoms with Crippen molar-refractivity contribution in [1.82, 2.24) is 25.2 Å². The number of aromatic nitrogens is 3. The number of nitrogens with one attached hydrogen (secondary N) is 1. The zero-order valence-corrected chi connectivity index (χ0v) is 10.1. The zero-order valence-electron chi connectivity index (χ0n) is 10.1. The second-order valence-electron chi connectivity index (χ2n) is 5.09. The van der Waals surface area contributed by atoms with Gasteiger partial charge in [0.1, 0.15) is 0 Å². The van der Waals surface area contributed by atoms with Gasteiger partial charge in [-0.05, 0) is 19.3 Å². The van der Waals surface area contributed by atoms with E-state index in [0.29, 0.717) is 19.1 Å². The van der Waals surface area contributed by atoms with Crippen LogP contribution < -0.4 is 5.32 Å². The van der Waals surface area contributed by atoms with Gasteiger partial charge >= 0.3 is 6.09 Å². The molecule has 0 radical (unpaired) electrons. The first-order chi connectivity index (χ1) is 8.72. The Labute approximate surface area is 105 Å². The quantitative estimate of drug-likeness (QED) is 0.796. The predicted octanol–water partition coefficient (Wildman–Crippen LogP) is 0.151. The Morgan fingerprint density at radius 1 is 1.44 bits per heavy atom. The van der Waals surface area contributed by atoms with Crippen molar-refractivity contribution in [2.24, 2.45) is 0 Å². The molecular formula is C11H17N5O2. The molecule has 0 aromatic carbocycles. The Kier molecular flexibility index (Phi) is 2.91. The molecule has 2 aliphatic rings. The molecule has 1 aromatic rings. The van der Waals surface area contributed by atoms with Gasteiger partial charge in [-0.25, -0.2) is 4.79 Å². The molecule has 1 aliphatic heterocycles. The van der Waals surface area contributed by atoms with Gasteiger partial charge in [-0.2, -0.15) is 0 Å². The number of carbonyl (C=O) groups is 1. The molecule has 1 saturated heterocycles. The largest absolute Gasteiger partial charge is 0.465 e. The van der Waals surface area contributed by atoms with Gasteiger partial charge in [-0.3, -0.25) is 4.68 Å². The predicted molar refractivity (Wildman–Crippen MR) is 63.1 cm³/mol. The summed E-state index contributed by atoms with van der Waals surface area (Å²) in [6.07, 6.45) is 5.82. The fourth-order valence-corrected chi connectivity index (χ4v) is 2.57. The summed E-state index contributed by atoms with van der Waals surface area (Å²) in [5.41, 5.74) is 0. The molecule has 7 heteroatoms. The molecule has 7 nitrogen and oxygen atoms in total. The number of rotatable bonds is 4. The van der Waals surface area contributed by atoms with E-state index < -0.39 is 6.09 Å². The van der Waals surface area contributed by atoms with Crippen molar-refractivity contribution in [2.75, 3.05) is 6.54 Å². The van der Waals surface area contributed by atoms with Gasteiger partial charge < -0.3 is 15.3 Å². The van der Waals surface area contributed by atoms with E-state index in [2.05, 4.69) is 15.6 Å². The minimum Gasteiger partial charge on any atom is -0.465 e. The highest BCUT2D eigenvalue weighted by Crippen LogP contribution is 2.25. The molecule has 2 fully saturated rings. The summed E-state index contributed by atoms with van der Waals surface area (Å²) in [5.74, 6) is 0. The smallest absolute Gasteiger partial charge is 0.407 e. The highest BCUT2D eigenvalue weighted by molar-refractivity contribution is 5.66. The van der Waals surface area contributed by atoms with Gasteiger partial charge in [0.25, 0.3) is 0 Å². The normalized spacial score (nSPS) is 27.7. The van der Waals surface area contributed by atoms with Crippen molar-refractivity contribution in [2.45, 2.75) is 43.9 Å². The maximum Gasteiger partial charge on any atom is 0.407 e. The molecule has 1 aromatic heterocycles. The van der Waals surface area contributed by atoms with Crippen LogP contribution in [0.25, 0.3) is 0 Å². The number of amides is 1. The highest BCUT2D eigenvalue weighted by atomic mass is 16.4. The summed E-state index contributed by atoms with van der Waals surface area (Å²) in [5, 5.41) is 20.4. The van der Waals surface area contributed by atoms with Crippen LogP contribution in [0.3, 0.4) is 0 Å². The lowest BCUT2D eigenvalue weighted by molar-refractivity contribution is 0.134. The summed E-state index contributed by atoms with van der Waals surface area (Å²) < 4.78 is 1.69. The Bertz CT molecular complexity index is 417. The maximum absolute atomic E-state index is 11.2.